The predicted molar refractivity (Wildman–Crippen MR) is 89.3 cm³/mol. The summed E-state index contributed by atoms with van der Waals surface area (Å²) in [5, 5.41) is 3.16. The average molecular weight is 373 g/mol. The number of anilines is 1. The lowest BCUT2D eigenvalue weighted by molar-refractivity contribution is -0.274. The van der Waals surface area contributed by atoms with Gasteiger partial charge in [0.05, 0.1) is 10.6 Å². The molecule has 2 rings (SSSR count). The second-order valence-electron chi connectivity index (χ2n) is 5.41. The summed E-state index contributed by atoms with van der Waals surface area (Å²) in [5.41, 5.74) is 1.47. The van der Waals surface area contributed by atoms with Crippen molar-refractivity contribution in [2.45, 2.75) is 31.1 Å². The highest BCUT2D eigenvalue weighted by Gasteiger charge is 2.31. The maximum atomic E-state index is 12.2. The van der Waals surface area contributed by atoms with E-state index in [4.69, 9.17) is 0 Å². The average Bonchev–Trinajstić information content (AvgIpc) is 2.54. The third-order valence-electron chi connectivity index (χ3n) is 3.59. The molecule has 0 fully saturated rings. The van der Waals surface area contributed by atoms with E-state index < -0.39 is 16.2 Å². The third-order valence-corrected chi connectivity index (χ3v) is 5.34. The highest BCUT2D eigenvalue weighted by Crippen LogP contribution is 2.26. The van der Waals surface area contributed by atoms with Crippen molar-refractivity contribution in [3.8, 4) is 5.75 Å². The maximum absolute atomic E-state index is 12.2. The molecule has 0 unspecified atom stereocenters. The highest BCUT2D eigenvalue weighted by molar-refractivity contribution is 7.91. The van der Waals surface area contributed by atoms with E-state index in [1.807, 2.05) is 6.92 Å². The van der Waals surface area contributed by atoms with Crippen molar-refractivity contribution < 1.29 is 26.3 Å². The number of halogens is 3. The molecule has 0 radical (unpaired) electrons. The molecule has 2 aromatic rings. The molecule has 25 heavy (non-hydrogen) atoms. The number of hydrogen-bond acceptors (Lipinski definition) is 4. The van der Waals surface area contributed by atoms with Gasteiger partial charge in [0.2, 0.25) is 0 Å². The van der Waals surface area contributed by atoms with Crippen molar-refractivity contribution in [1.29, 1.82) is 0 Å². The van der Waals surface area contributed by atoms with Crippen molar-refractivity contribution in [2.75, 3.05) is 11.1 Å². The van der Waals surface area contributed by atoms with Crippen LogP contribution in [0, 0.1) is 0 Å². The number of benzene rings is 2. The van der Waals surface area contributed by atoms with Gasteiger partial charge in [0.1, 0.15) is 5.75 Å². The SMILES string of the molecule is CCS(=O)(=O)c1ccc(N[C@@H](C)c2ccc(OC(F)(F)F)cc2)cc1. The molecule has 0 aromatic heterocycles. The fourth-order valence-electron chi connectivity index (χ4n) is 2.22. The van der Waals surface area contributed by atoms with Gasteiger partial charge in [0.15, 0.2) is 9.84 Å². The van der Waals surface area contributed by atoms with Gasteiger partial charge in [-0.2, -0.15) is 0 Å². The zero-order valence-corrected chi connectivity index (χ0v) is 14.5. The zero-order valence-electron chi connectivity index (χ0n) is 13.7. The van der Waals surface area contributed by atoms with E-state index in [2.05, 4.69) is 10.1 Å². The maximum Gasteiger partial charge on any atom is 0.573 e. The fourth-order valence-corrected chi connectivity index (χ4v) is 3.10. The van der Waals surface area contributed by atoms with Gasteiger partial charge < -0.3 is 10.1 Å². The van der Waals surface area contributed by atoms with Gasteiger partial charge in [0, 0.05) is 11.7 Å². The highest BCUT2D eigenvalue weighted by atomic mass is 32.2. The number of alkyl halides is 3. The summed E-state index contributed by atoms with van der Waals surface area (Å²) in [4.78, 5) is 0.252. The largest absolute Gasteiger partial charge is 0.573 e. The first-order valence-electron chi connectivity index (χ1n) is 7.56. The van der Waals surface area contributed by atoms with Crippen LogP contribution in [0.5, 0.6) is 5.75 Å². The van der Waals surface area contributed by atoms with E-state index >= 15 is 0 Å². The molecule has 0 saturated carbocycles. The molecule has 0 amide bonds. The van der Waals surface area contributed by atoms with Crippen LogP contribution in [0.3, 0.4) is 0 Å². The standard InChI is InChI=1S/C17H18F3NO3S/c1-3-25(22,23)16-10-6-14(7-11-16)21-12(2)13-4-8-15(9-5-13)24-17(18,19)20/h4-12,21H,3H2,1-2H3/t12-/m0/s1. The summed E-state index contributed by atoms with van der Waals surface area (Å²) in [5.74, 6) is -0.250. The molecule has 0 heterocycles. The molecule has 1 atom stereocenters. The van der Waals surface area contributed by atoms with Gasteiger partial charge in [-0.1, -0.05) is 19.1 Å². The second-order valence-corrected chi connectivity index (χ2v) is 7.69. The predicted octanol–water partition coefficient (Wildman–Crippen LogP) is 4.55. The number of nitrogens with one attached hydrogen (secondary N) is 1. The van der Waals surface area contributed by atoms with Crippen molar-refractivity contribution in [2.24, 2.45) is 0 Å². The van der Waals surface area contributed by atoms with Crippen molar-refractivity contribution >= 4 is 15.5 Å². The minimum absolute atomic E-state index is 0.0303. The normalized spacial score (nSPS) is 13.3. The molecule has 1 N–H and O–H groups in total. The van der Waals surface area contributed by atoms with Crippen LogP contribution < -0.4 is 10.1 Å². The molecule has 8 heteroatoms. The molecule has 0 bridgehead atoms. The smallest absolute Gasteiger partial charge is 0.406 e. The molecule has 2 aromatic carbocycles. The minimum Gasteiger partial charge on any atom is -0.406 e. The summed E-state index contributed by atoms with van der Waals surface area (Å²) < 4.78 is 63.8. The second kappa shape index (κ2) is 7.35. The Bertz CT molecular complexity index is 801. The summed E-state index contributed by atoms with van der Waals surface area (Å²) >= 11 is 0. The van der Waals surface area contributed by atoms with Crippen LogP contribution in [-0.2, 0) is 9.84 Å². The molecule has 0 spiro atoms. The zero-order chi connectivity index (χ0) is 18.7. The quantitative estimate of drug-likeness (QED) is 0.807. The van der Waals surface area contributed by atoms with Crippen LogP contribution in [0.25, 0.3) is 0 Å². The van der Waals surface area contributed by atoms with Gasteiger partial charge in [-0.15, -0.1) is 13.2 Å². The Kier molecular flexibility index (Phi) is 5.62. The van der Waals surface area contributed by atoms with Crippen molar-refractivity contribution in [3.05, 3.63) is 54.1 Å². The Balaban J connectivity index is 2.05. The lowest BCUT2D eigenvalue weighted by atomic mass is 10.1. The first kappa shape index (κ1) is 19.1. The van der Waals surface area contributed by atoms with Crippen LogP contribution in [0.4, 0.5) is 18.9 Å². The van der Waals surface area contributed by atoms with E-state index in [9.17, 15) is 21.6 Å². The van der Waals surface area contributed by atoms with Crippen LogP contribution in [0.2, 0.25) is 0 Å². The summed E-state index contributed by atoms with van der Waals surface area (Å²) in [6.07, 6.45) is -4.72. The Morgan fingerprint density at radius 2 is 1.60 bits per heavy atom. The first-order chi connectivity index (χ1) is 11.6. The number of hydrogen-bond donors (Lipinski definition) is 1. The fraction of sp³-hybridized carbons (Fsp3) is 0.294. The summed E-state index contributed by atoms with van der Waals surface area (Å²) in [6.45, 7) is 3.42. The van der Waals surface area contributed by atoms with Crippen LogP contribution in [0.15, 0.2) is 53.4 Å². The van der Waals surface area contributed by atoms with E-state index in [-0.39, 0.29) is 22.4 Å². The van der Waals surface area contributed by atoms with Gasteiger partial charge in [-0.3, -0.25) is 0 Å². The summed E-state index contributed by atoms with van der Waals surface area (Å²) in [7, 11) is -3.25. The molecule has 136 valence electrons. The molecule has 0 aliphatic carbocycles. The monoisotopic (exact) mass is 373 g/mol. The topological polar surface area (TPSA) is 55.4 Å². The lowest BCUT2D eigenvalue weighted by Crippen LogP contribution is -2.17. The Morgan fingerprint density at radius 1 is 1.04 bits per heavy atom. The van der Waals surface area contributed by atoms with Crippen molar-refractivity contribution in [1.82, 2.24) is 0 Å². The van der Waals surface area contributed by atoms with Gasteiger partial charge >= 0.3 is 6.36 Å². The number of sulfone groups is 1. The Labute approximate surface area is 144 Å². The van der Waals surface area contributed by atoms with Crippen LogP contribution in [0.1, 0.15) is 25.5 Å². The van der Waals surface area contributed by atoms with E-state index in [1.54, 1.807) is 19.1 Å². The number of ether oxygens (including phenoxy) is 1. The molecule has 4 nitrogen and oxygen atoms in total. The molecular formula is C17H18F3NO3S. The lowest BCUT2D eigenvalue weighted by Gasteiger charge is -2.17. The molecular weight excluding hydrogens is 355 g/mol. The van der Waals surface area contributed by atoms with Crippen LogP contribution >= 0.6 is 0 Å². The molecule has 0 saturated heterocycles. The molecule has 0 aliphatic heterocycles. The van der Waals surface area contributed by atoms with Crippen LogP contribution in [-0.4, -0.2) is 20.5 Å². The Hall–Kier alpha value is -2.22. The third kappa shape index (κ3) is 5.38. The molecule has 0 aliphatic rings. The first-order valence-corrected chi connectivity index (χ1v) is 9.21. The van der Waals surface area contributed by atoms with E-state index in [0.29, 0.717) is 5.69 Å². The minimum atomic E-state index is -4.72. The van der Waals surface area contributed by atoms with Gasteiger partial charge in [-0.25, -0.2) is 8.42 Å². The van der Waals surface area contributed by atoms with Gasteiger partial charge in [0.25, 0.3) is 0 Å². The van der Waals surface area contributed by atoms with E-state index in [1.165, 1.54) is 36.4 Å². The Morgan fingerprint density at radius 3 is 2.08 bits per heavy atom. The van der Waals surface area contributed by atoms with Crippen molar-refractivity contribution in [3.63, 3.8) is 0 Å². The number of rotatable bonds is 6. The van der Waals surface area contributed by atoms with Gasteiger partial charge in [-0.05, 0) is 48.9 Å². The van der Waals surface area contributed by atoms with E-state index in [0.717, 1.165) is 5.56 Å². The summed E-state index contributed by atoms with van der Waals surface area (Å²) in [6, 6.07) is 11.7.